The first kappa shape index (κ1) is 47.4. The number of halogens is 5. The SMILES string of the molecule is CC(=O)C(N=Nc1cc(C(=O)Nc2cccc(Cl)c2C)ccc1Cl)C(=O)Cc1cc(Cl)c(NC(=O)C(N=Nc2cc(C(=O)Cc3cccc(Cl)c3C)ccc2Cl)C(C)=O)cc1C. The average Bonchev–Trinajstić information content (AvgIpc) is 3.21. The van der Waals surface area contributed by atoms with Gasteiger partial charge in [-0.1, -0.05) is 76.2 Å². The van der Waals surface area contributed by atoms with Crippen LogP contribution in [0.2, 0.25) is 25.1 Å². The molecule has 5 rings (SSSR count). The van der Waals surface area contributed by atoms with Gasteiger partial charge in [0.15, 0.2) is 29.2 Å². The maximum atomic E-state index is 13.5. The summed E-state index contributed by atoms with van der Waals surface area (Å²) >= 11 is 31.6. The van der Waals surface area contributed by atoms with Crippen LogP contribution in [0.25, 0.3) is 0 Å². The number of rotatable bonds is 16. The van der Waals surface area contributed by atoms with Crippen LogP contribution < -0.4 is 10.6 Å². The van der Waals surface area contributed by atoms with Crippen LogP contribution in [0.4, 0.5) is 22.7 Å². The van der Waals surface area contributed by atoms with E-state index < -0.39 is 41.2 Å². The zero-order valence-electron chi connectivity index (χ0n) is 33.8. The highest BCUT2D eigenvalue weighted by atomic mass is 35.5. The smallest absolute Gasteiger partial charge is 0.258 e. The fourth-order valence-corrected chi connectivity index (χ4v) is 6.89. The van der Waals surface area contributed by atoms with Gasteiger partial charge in [0.05, 0.1) is 20.8 Å². The summed E-state index contributed by atoms with van der Waals surface area (Å²) in [7, 11) is 0. The van der Waals surface area contributed by atoms with Crippen LogP contribution in [0.3, 0.4) is 0 Å². The number of benzene rings is 5. The van der Waals surface area contributed by atoms with E-state index in [4.69, 9.17) is 58.0 Å². The predicted octanol–water partition coefficient (Wildman–Crippen LogP) is 12.1. The molecule has 0 aliphatic heterocycles. The predicted molar refractivity (Wildman–Crippen MR) is 243 cm³/mol. The van der Waals surface area contributed by atoms with Gasteiger partial charge in [-0.2, -0.15) is 20.5 Å². The molecule has 0 spiro atoms. The van der Waals surface area contributed by atoms with Crippen LogP contribution in [-0.4, -0.2) is 47.0 Å². The van der Waals surface area contributed by atoms with Crippen LogP contribution in [0.15, 0.2) is 105 Å². The molecule has 2 amide bonds. The summed E-state index contributed by atoms with van der Waals surface area (Å²) in [6.07, 6.45) is -0.220. The number of nitrogens with one attached hydrogen (secondary N) is 2. The molecular weight excluding hydrogens is 898 g/mol. The summed E-state index contributed by atoms with van der Waals surface area (Å²) in [5, 5.41) is 22.8. The number of Topliss-reactive ketones (excluding diaryl/α,β-unsaturated/α-hetero) is 4. The lowest BCUT2D eigenvalue weighted by Gasteiger charge is -2.15. The van der Waals surface area contributed by atoms with Crippen LogP contribution >= 0.6 is 58.0 Å². The van der Waals surface area contributed by atoms with Gasteiger partial charge in [-0.05, 0) is 129 Å². The van der Waals surface area contributed by atoms with Crippen molar-refractivity contribution in [3.63, 3.8) is 0 Å². The van der Waals surface area contributed by atoms with Crippen molar-refractivity contribution in [3.8, 4) is 0 Å². The van der Waals surface area contributed by atoms with Gasteiger partial charge in [0, 0.05) is 39.7 Å². The highest BCUT2D eigenvalue weighted by Crippen LogP contribution is 2.32. The quantitative estimate of drug-likeness (QED) is 0.0565. The molecule has 0 radical (unpaired) electrons. The molecule has 17 heteroatoms. The lowest BCUT2D eigenvalue weighted by molar-refractivity contribution is -0.128. The number of carbonyl (C=O) groups excluding carboxylic acids is 6. The van der Waals surface area contributed by atoms with Gasteiger partial charge in [0.25, 0.3) is 11.8 Å². The average molecular weight is 935 g/mol. The van der Waals surface area contributed by atoms with Crippen LogP contribution in [-0.2, 0) is 32.0 Å². The summed E-state index contributed by atoms with van der Waals surface area (Å²) < 4.78 is 0. The molecule has 2 atom stereocenters. The first-order chi connectivity index (χ1) is 29.3. The van der Waals surface area contributed by atoms with Gasteiger partial charge in [-0.25, -0.2) is 0 Å². The molecular formula is C45H37Cl5N6O6. The fourth-order valence-electron chi connectivity index (χ4n) is 5.97. The summed E-state index contributed by atoms with van der Waals surface area (Å²) in [4.78, 5) is 78.3. The van der Waals surface area contributed by atoms with E-state index in [9.17, 15) is 28.8 Å². The third-order valence-corrected chi connectivity index (χ3v) is 11.4. The standard InChI is InChI=1S/C45H37Cl5N6O6/c1-22-16-37(52-45(62)43(26(5)58)56-54-38-18-28(12-14-33(38)48)40(59)20-27-8-6-9-31(46)23(27)2)35(50)17-30(22)21-41(60)42(25(4)57)55-53-39-19-29(13-15-34(39)49)44(61)51-36-11-7-10-32(47)24(36)3/h6-19,42-43H,20-21H2,1-5H3,(H,51,61)(H,52,62). The molecule has 62 heavy (non-hydrogen) atoms. The molecule has 0 aromatic heterocycles. The molecule has 0 aliphatic rings. The molecule has 12 nitrogen and oxygen atoms in total. The molecule has 0 fully saturated rings. The number of hydrogen-bond acceptors (Lipinski definition) is 10. The maximum absolute atomic E-state index is 13.5. The van der Waals surface area contributed by atoms with E-state index in [2.05, 4.69) is 31.1 Å². The lowest BCUT2D eigenvalue weighted by atomic mass is 9.98. The fraction of sp³-hybridized carbons (Fsp3) is 0.200. The molecule has 0 bridgehead atoms. The summed E-state index contributed by atoms with van der Waals surface area (Å²) in [6.45, 7) is 7.59. The third kappa shape index (κ3) is 11.8. The van der Waals surface area contributed by atoms with E-state index >= 15 is 0 Å². The normalized spacial score (nSPS) is 12.3. The van der Waals surface area contributed by atoms with Crippen molar-refractivity contribution in [1.82, 2.24) is 0 Å². The second-order valence-corrected chi connectivity index (χ2v) is 16.2. The van der Waals surface area contributed by atoms with Crippen molar-refractivity contribution in [2.75, 3.05) is 10.6 Å². The number of ketones is 4. The molecule has 318 valence electrons. The Balaban J connectivity index is 1.27. The van der Waals surface area contributed by atoms with Crippen molar-refractivity contribution in [1.29, 1.82) is 0 Å². The number of hydrogen-bond donors (Lipinski definition) is 2. The van der Waals surface area contributed by atoms with Gasteiger partial charge in [-0.3, -0.25) is 28.8 Å². The van der Waals surface area contributed by atoms with E-state index in [-0.39, 0.29) is 61.9 Å². The molecule has 2 unspecified atom stereocenters. The van der Waals surface area contributed by atoms with E-state index in [1.807, 2.05) is 6.92 Å². The second kappa shape index (κ2) is 21.0. The number of nitrogens with zero attached hydrogens (tertiary/aromatic N) is 4. The zero-order valence-corrected chi connectivity index (χ0v) is 37.6. The minimum Gasteiger partial charge on any atom is -0.322 e. The molecule has 5 aromatic carbocycles. The number of amides is 2. The Bertz CT molecular complexity index is 2520. The largest absolute Gasteiger partial charge is 0.322 e. The number of anilines is 2. The summed E-state index contributed by atoms with van der Waals surface area (Å²) in [5.74, 6) is -3.42. The van der Waals surface area contributed by atoms with E-state index in [1.165, 1.54) is 55.5 Å². The first-order valence-corrected chi connectivity index (χ1v) is 20.6. The van der Waals surface area contributed by atoms with Gasteiger partial charge in [0.1, 0.15) is 11.4 Å². The van der Waals surface area contributed by atoms with Crippen molar-refractivity contribution >= 4 is 116 Å². The Kier molecular flexibility index (Phi) is 16.0. The van der Waals surface area contributed by atoms with Crippen LogP contribution in [0.5, 0.6) is 0 Å². The maximum Gasteiger partial charge on any atom is 0.258 e. The van der Waals surface area contributed by atoms with Gasteiger partial charge >= 0.3 is 0 Å². The molecule has 0 saturated carbocycles. The Morgan fingerprint density at radius 1 is 0.548 bits per heavy atom. The Morgan fingerprint density at radius 2 is 1.11 bits per heavy atom. The molecule has 5 aromatic rings. The van der Waals surface area contributed by atoms with Gasteiger partial charge in [-0.15, -0.1) is 0 Å². The minimum absolute atomic E-state index is 0.0195. The van der Waals surface area contributed by atoms with Crippen molar-refractivity contribution in [2.45, 2.75) is 59.5 Å². The highest BCUT2D eigenvalue weighted by Gasteiger charge is 2.27. The molecule has 0 saturated heterocycles. The number of aryl methyl sites for hydroxylation is 1. The van der Waals surface area contributed by atoms with E-state index in [0.717, 1.165) is 18.1 Å². The Hall–Kier alpha value is -5.63. The van der Waals surface area contributed by atoms with E-state index in [1.54, 1.807) is 50.2 Å². The number of carbonyl (C=O) groups is 6. The van der Waals surface area contributed by atoms with Gasteiger partial charge < -0.3 is 10.6 Å². The Morgan fingerprint density at radius 3 is 1.74 bits per heavy atom. The summed E-state index contributed by atoms with van der Waals surface area (Å²) in [5.41, 5.74) is 4.36. The van der Waals surface area contributed by atoms with Crippen molar-refractivity contribution in [3.05, 3.63) is 149 Å². The minimum atomic E-state index is -1.62. The Labute approximate surface area is 382 Å². The zero-order chi connectivity index (χ0) is 45.4. The van der Waals surface area contributed by atoms with E-state index in [0.29, 0.717) is 32.4 Å². The first-order valence-electron chi connectivity index (χ1n) is 18.7. The molecule has 0 aliphatic carbocycles. The van der Waals surface area contributed by atoms with Crippen molar-refractivity contribution in [2.24, 2.45) is 20.5 Å². The number of azo groups is 2. The lowest BCUT2D eigenvalue weighted by Crippen LogP contribution is -2.32. The monoisotopic (exact) mass is 932 g/mol. The van der Waals surface area contributed by atoms with Gasteiger partial charge in [0.2, 0.25) is 6.04 Å². The van der Waals surface area contributed by atoms with Crippen LogP contribution in [0, 0.1) is 20.8 Å². The summed E-state index contributed by atoms with van der Waals surface area (Å²) in [6, 6.07) is 18.9. The molecule has 2 N–H and O–H groups in total. The van der Waals surface area contributed by atoms with Crippen molar-refractivity contribution < 1.29 is 28.8 Å². The topological polar surface area (TPSA) is 176 Å². The second-order valence-electron chi connectivity index (χ2n) is 14.2. The highest BCUT2D eigenvalue weighted by molar-refractivity contribution is 6.35. The molecule has 0 heterocycles. The third-order valence-electron chi connectivity index (χ3n) is 9.66. The van der Waals surface area contributed by atoms with Crippen LogP contribution in [0.1, 0.15) is 62.4 Å².